The van der Waals surface area contributed by atoms with Gasteiger partial charge >= 0.3 is 0 Å². The molecule has 0 atom stereocenters. The number of nitriles is 1. The summed E-state index contributed by atoms with van der Waals surface area (Å²) in [4.78, 5) is 4.29. The third-order valence-corrected chi connectivity index (χ3v) is 2.42. The van der Waals surface area contributed by atoms with Crippen LogP contribution in [0.2, 0.25) is 0 Å². The first-order valence-corrected chi connectivity index (χ1v) is 5.26. The first kappa shape index (κ1) is 10.5. The summed E-state index contributed by atoms with van der Waals surface area (Å²) in [6, 6.07) is 3.98. The molecular formula is C12H14N4. The third kappa shape index (κ3) is 1.72. The van der Waals surface area contributed by atoms with E-state index in [0.717, 1.165) is 17.6 Å². The Hall–Kier alpha value is -2.02. The Bertz CT molecular complexity index is 560. The van der Waals surface area contributed by atoms with Crippen molar-refractivity contribution in [1.82, 2.24) is 9.55 Å². The van der Waals surface area contributed by atoms with Crippen LogP contribution >= 0.6 is 0 Å². The van der Waals surface area contributed by atoms with Gasteiger partial charge in [0.2, 0.25) is 0 Å². The maximum absolute atomic E-state index is 9.04. The molecule has 4 nitrogen and oxygen atoms in total. The first-order chi connectivity index (χ1) is 7.61. The van der Waals surface area contributed by atoms with E-state index in [9.17, 15) is 0 Å². The molecule has 2 aromatic rings. The zero-order chi connectivity index (χ0) is 11.7. The number of hydrogen-bond acceptors (Lipinski definition) is 3. The Balaban J connectivity index is 2.64. The van der Waals surface area contributed by atoms with Crippen molar-refractivity contribution in [2.24, 2.45) is 5.92 Å². The fourth-order valence-electron chi connectivity index (χ4n) is 1.81. The van der Waals surface area contributed by atoms with Crippen LogP contribution in [0.4, 0.5) is 5.69 Å². The molecule has 2 aromatic heterocycles. The van der Waals surface area contributed by atoms with Gasteiger partial charge in [-0.25, -0.2) is 4.98 Å². The minimum atomic E-state index is 0.515. The van der Waals surface area contributed by atoms with Crippen LogP contribution in [0, 0.1) is 17.2 Å². The van der Waals surface area contributed by atoms with Crippen LogP contribution in [0.3, 0.4) is 0 Å². The zero-order valence-corrected chi connectivity index (χ0v) is 9.44. The Morgan fingerprint density at radius 3 is 2.94 bits per heavy atom. The van der Waals surface area contributed by atoms with Crippen molar-refractivity contribution >= 4 is 16.7 Å². The molecule has 0 saturated carbocycles. The van der Waals surface area contributed by atoms with Gasteiger partial charge < -0.3 is 10.3 Å². The summed E-state index contributed by atoms with van der Waals surface area (Å²) in [7, 11) is 0. The molecule has 0 aliphatic rings. The molecule has 0 aromatic carbocycles. The van der Waals surface area contributed by atoms with E-state index >= 15 is 0 Å². The lowest BCUT2D eigenvalue weighted by atomic mass is 10.2. The van der Waals surface area contributed by atoms with Crippen molar-refractivity contribution in [1.29, 1.82) is 5.26 Å². The summed E-state index contributed by atoms with van der Waals surface area (Å²) in [6.45, 7) is 5.12. The third-order valence-electron chi connectivity index (χ3n) is 2.42. The second-order valence-electron chi connectivity index (χ2n) is 4.34. The van der Waals surface area contributed by atoms with Gasteiger partial charge in [-0.05, 0) is 12.0 Å². The van der Waals surface area contributed by atoms with Gasteiger partial charge in [0, 0.05) is 18.1 Å². The smallest absolute Gasteiger partial charge is 0.141 e. The number of anilines is 1. The second kappa shape index (κ2) is 3.86. The van der Waals surface area contributed by atoms with Crippen molar-refractivity contribution in [2.45, 2.75) is 20.4 Å². The molecule has 0 saturated heterocycles. The molecule has 2 heterocycles. The summed E-state index contributed by atoms with van der Waals surface area (Å²) in [5, 5.41) is 9.88. The Morgan fingerprint density at radius 1 is 1.56 bits per heavy atom. The average molecular weight is 214 g/mol. The highest BCUT2D eigenvalue weighted by atomic mass is 15.0. The highest BCUT2D eigenvalue weighted by Crippen LogP contribution is 2.21. The maximum atomic E-state index is 9.04. The highest BCUT2D eigenvalue weighted by Gasteiger charge is 2.10. The first-order valence-electron chi connectivity index (χ1n) is 5.26. The van der Waals surface area contributed by atoms with E-state index < -0.39 is 0 Å². The van der Waals surface area contributed by atoms with Crippen LogP contribution in [-0.4, -0.2) is 9.55 Å². The van der Waals surface area contributed by atoms with Crippen LogP contribution in [-0.2, 0) is 6.54 Å². The van der Waals surface area contributed by atoms with Gasteiger partial charge in [-0.15, -0.1) is 0 Å². The van der Waals surface area contributed by atoms with Gasteiger partial charge in [0.15, 0.2) is 0 Å². The molecule has 0 radical (unpaired) electrons. The van der Waals surface area contributed by atoms with E-state index in [0.29, 0.717) is 17.2 Å². The fraction of sp³-hybridized carbons (Fsp3) is 0.333. The number of aromatic nitrogens is 2. The zero-order valence-electron chi connectivity index (χ0n) is 9.44. The summed E-state index contributed by atoms with van der Waals surface area (Å²) < 4.78 is 2.01. The topological polar surface area (TPSA) is 67.6 Å². The summed E-state index contributed by atoms with van der Waals surface area (Å²) in [5.74, 6) is 0.515. The SMILES string of the molecule is CC(C)Cn1cc(C#N)c2cc(N)cnc21. The molecule has 4 heteroatoms. The van der Waals surface area contributed by atoms with Crippen LogP contribution in [0.15, 0.2) is 18.5 Å². The molecule has 0 aliphatic carbocycles. The lowest BCUT2D eigenvalue weighted by molar-refractivity contribution is 0.533. The largest absolute Gasteiger partial charge is 0.397 e. The van der Waals surface area contributed by atoms with Crippen LogP contribution in [0.1, 0.15) is 19.4 Å². The maximum Gasteiger partial charge on any atom is 0.141 e. The molecule has 0 amide bonds. The van der Waals surface area contributed by atoms with Crippen molar-refractivity contribution in [3.63, 3.8) is 0 Å². The summed E-state index contributed by atoms with van der Waals surface area (Å²) >= 11 is 0. The van der Waals surface area contributed by atoms with Gasteiger partial charge in [-0.1, -0.05) is 13.8 Å². The molecule has 2 N–H and O–H groups in total. The molecule has 0 bridgehead atoms. The minimum absolute atomic E-state index is 0.515. The number of nitrogen functional groups attached to an aromatic ring is 1. The lowest BCUT2D eigenvalue weighted by Crippen LogP contribution is -2.03. The summed E-state index contributed by atoms with van der Waals surface area (Å²) in [5.41, 5.74) is 7.73. The van der Waals surface area contributed by atoms with Crippen molar-refractivity contribution < 1.29 is 0 Å². The minimum Gasteiger partial charge on any atom is -0.397 e. The molecule has 82 valence electrons. The molecule has 16 heavy (non-hydrogen) atoms. The van der Waals surface area contributed by atoms with Gasteiger partial charge in [-0.3, -0.25) is 0 Å². The monoisotopic (exact) mass is 214 g/mol. The van der Waals surface area contributed by atoms with E-state index in [4.69, 9.17) is 11.0 Å². The predicted octanol–water partition coefficient (Wildman–Crippen LogP) is 2.15. The molecule has 0 unspecified atom stereocenters. The van der Waals surface area contributed by atoms with Crippen LogP contribution < -0.4 is 5.73 Å². The summed E-state index contributed by atoms with van der Waals surface area (Å²) in [6.07, 6.45) is 3.47. The number of nitrogens with two attached hydrogens (primary N) is 1. The van der Waals surface area contributed by atoms with Gasteiger partial charge in [-0.2, -0.15) is 5.26 Å². The van der Waals surface area contributed by atoms with Gasteiger partial charge in [0.25, 0.3) is 0 Å². The van der Waals surface area contributed by atoms with Crippen LogP contribution in [0.25, 0.3) is 11.0 Å². The Morgan fingerprint density at radius 2 is 2.31 bits per heavy atom. The van der Waals surface area contributed by atoms with Crippen molar-refractivity contribution in [3.05, 3.63) is 24.0 Å². The quantitative estimate of drug-likeness (QED) is 0.832. The van der Waals surface area contributed by atoms with E-state index in [2.05, 4.69) is 24.9 Å². The van der Waals surface area contributed by atoms with Crippen molar-refractivity contribution in [2.75, 3.05) is 5.73 Å². The lowest BCUT2D eigenvalue weighted by Gasteiger charge is -2.07. The number of rotatable bonds is 2. The van der Waals surface area contributed by atoms with Gasteiger partial charge in [0.1, 0.15) is 11.7 Å². The number of pyridine rings is 1. The van der Waals surface area contributed by atoms with E-state index in [1.807, 2.05) is 10.8 Å². The van der Waals surface area contributed by atoms with Gasteiger partial charge in [0.05, 0.1) is 17.4 Å². The van der Waals surface area contributed by atoms with E-state index in [1.54, 1.807) is 12.3 Å². The molecular weight excluding hydrogens is 200 g/mol. The fourth-order valence-corrected chi connectivity index (χ4v) is 1.81. The normalized spacial score (nSPS) is 10.9. The average Bonchev–Trinajstić information content (AvgIpc) is 2.55. The number of nitrogens with zero attached hydrogens (tertiary/aromatic N) is 3. The number of fused-ring (bicyclic) bond motifs is 1. The Labute approximate surface area is 94.3 Å². The van der Waals surface area contributed by atoms with E-state index in [-0.39, 0.29) is 0 Å². The van der Waals surface area contributed by atoms with Crippen LogP contribution in [0.5, 0.6) is 0 Å². The molecule has 0 spiro atoms. The molecule has 2 rings (SSSR count). The Kier molecular flexibility index (Phi) is 2.53. The standard InChI is InChI=1S/C12H14N4/c1-8(2)6-16-7-9(4-13)11-3-10(14)5-15-12(11)16/h3,5,7-8H,6,14H2,1-2H3. The molecule has 0 aliphatic heterocycles. The predicted molar refractivity (Wildman–Crippen MR) is 63.7 cm³/mol. The number of hydrogen-bond donors (Lipinski definition) is 1. The second-order valence-corrected chi connectivity index (χ2v) is 4.34. The molecule has 0 fully saturated rings. The van der Waals surface area contributed by atoms with Crippen molar-refractivity contribution in [3.8, 4) is 6.07 Å². The van der Waals surface area contributed by atoms with E-state index in [1.165, 1.54) is 0 Å². The highest BCUT2D eigenvalue weighted by molar-refractivity contribution is 5.85.